The molecule has 0 heterocycles. The van der Waals surface area contributed by atoms with Crippen LogP contribution in [-0.2, 0) is 4.57 Å². The summed E-state index contributed by atoms with van der Waals surface area (Å²) >= 11 is 0. The molecule has 0 aromatic heterocycles. The summed E-state index contributed by atoms with van der Waals surface area (Å²) in [5.41, 5.74) is -2.47. The van der Waals surface area contributed by atoms with Gasteiger partial charge in [-0.3, -0.25) is 0 Å². The molecule has 94 valence electrons. The fourth-order valence-electron chi connectivity index (χ4n) is 1.36. The molecule has 0 bridgehead atoms. The van der Waals surface area contributed by atoms with Gasteiger partial charge in [-0.05, 0) is 16.7 Å². The highest BCUT2D eigenvalue weighted by atomic mass is 31.1. The number of rotatable bonds is 4. The van der Waals surface area contributed by atoms with E-state index in [0.29, 0.717) is 0 Å². The summed E-state index contributed by atoms with van der Waals surface area (Å²) in [6, 6.07) is 1.54. The Labute approximate surface area is 100.0 Å². The molecule has 1 unspecified atom stereocenters. The Morgan fingerprint density at radius 1 is 0.889 bits per heavy atom. The molecule has 0 aliphatic rings. The van der Waals surface area contributed by atoms with Gasteiger partial charge >= 0.3 is 25.9 Å². The van der Waals surface area contributed by atoms with Gasteiger partial charge in [-0.1, -0.05) is 0 Å². The fraction of sp³-hybridized carbons (Fsp3) is 0. The molecule has 1 aromatic rings. The van der Waals surface area contributed by atoms with Crippen molar-refractivity contribution >= 4 is 31.2 Å². The topological polar surface area (TPSA) is 149 Å². The molecule has 0 radical (unpaired) electrons. The predicted molar refractivity (Wildman–Crippen MR) is 56.8 cm³/mol. The van der Waals surface area contributed by atoms with Crippen LogP contribution in [0.25, 0.3) is 0 Å². The first-order valence-corrected chi connectivity index (χ1v) is 5.51. The minimum absolute atomic E-state index is 0.721. The lowest BCUT2D eigenvalue weighted by Crippen LogP contribution is -2.24. The summed E-state index contributed by atoms with van der Waals surface area (Å²) in [5.74, 6) is -5.05. The summed E-state index contributed by atoms with van der Waals surface area (Å²) < 4.78 is 11.1. The van der Waals surface area contributed by atoms with Crippen LogP contribution >= 0.6 is 8.03 Å². The molecule has 9 heteroatoms. The van der Waals surface area contributed by atoms with Crippen molar-refractivity contribution < 1.29 is 39.2 Å². The molecule has 0 aliphatic heterocycles. The van der Waals surface area contributed by atoms with Gasteiger partial charge in [0.2, 0.25) is 0 Å². The Balaban J connectivity index is 3.82. The van der Waals surface area contributed by atoms with Crippen LogP contribution in [0.4, 0.5) is 0 Å². The zero-order valence-corrected chi connectivity index (χ0v) is 9.42. The van der Waals surface area contributed by atoms with Gasteiger partial charge in [-0.15, -0.1) is 0 Å². The van der Waals surface area contributed by atoms with Crippen LogP contribution in [0.15, 0.2) is 12.1 Å². The second-order valence-corrected chi connectivity index (χ2v) is 4.07. The molecule has 18 heavy (non-hydrogen) atoms. The zero-order chi connectivity index (χ0) is 14.0. The molecule has 0 amide bonds. The molecule has 0 aliphatic carbocycles. The van der Waals surface area contributed by atoms with Crippen molar-refractivity contribution in [1.82, 2.24) is 0 Å². The number of aromatic carboxylic acids is 3. The molecular weight excluding hydrogens is 267 g/mol. The highest BCUT2D eigenvalue weighted by Gasteiger charge is 2.36. The van der Waals surface area contributed by atoms with Crippen molar-refractivity contribution in [2.75, 3.05) is 0 Å². The lowest BCUT2D eigenvalue weighted by atomic mass is 10.0. The van der Waals surface area contributed by atoms with Gasteiger partial charge in [0.25, 0.3) is 5.30 Å². The molecule has 1 aromatic carbocycles. The summed E-state index contributed by atoms with van der Waals surface area (Å²) in [6.45, 7) is 0. The van der Waals surface area contributed by atoms with E-state index in [4.69, 9.17) is 20.2 Å². The first kappa shape index (κ1) is 13.8. The summed E-state index contributed by atoms with van der Waals surface area (Å²) in [6.07, 6.45) is 0. The molecule has 0 saturated heterocycles. The third-order valence-electron chi connectivity index (χ3n) is 2.04. The fourth-order valence-corrected chi connectivity index (χ4v) is 2.14. The molecule has 1 rings (SSSR count). The monoisotopic (exact) mass is 273 g/mol. The number of carbonyl (C=O) groups is 3. The maximum atomic E-state index is 11.1. The van der Waals surface area contributed by atoms with E-state index in [2.05, 4.69) is 0 Å². The van der Waals surface area contributed by atoms with E-state index in [9.17, 15) is 18.9 Å². The van der Waals surface area contributed by atoms with Crippen LogP contribution in [0, 0.1) is 0 Å². The maximum Gasteiger partial charge on any atom is 0.547 e. The van der Waals surface area contributed by atoms with Gasteiger partial charge in [0.1, 0.15) is 11.1 Å². The van der Waals surface area contributed by atoms with E-state index in [0.717, 1.165) is 12.1 Å². The van der Waals surface area contributed by atoms with E-state index in [1.54, 1.807) is 0 Å². The molecular formula is C9H6O8P+. The van der Waals surface area contributed by atoms with Crippen molar-refractivity contribution in [3.05, 3.63) is 28.8 Å². The van der Waals surface area contributed by atoms with E-state index in [-0.39, 0.29) is 0 Å². The normalized spacial score (nSPS) is 10.8. The van der Waals surface area contributed by atoms with Crippen molar-refractivity contribution in [1.29, 1.82) is 0 Å². The first-order chi connectivity index (χ1) is 8.27. The number of hydrogen-bond donors (Lipinski definition) is 4. The Hall–Kier alpha value is -2.31. The van der Waals surface area contributed by atoms with E-state index in [1.165, 1.54) is 0 Å². The van der Waals surface area contributed by atoms with Gasteiger partial charge in [0.05, 0.1) is 5.56 Å². The first-order valence-electron chi connectivity index (χ1n) is 4.30. The Bertz CT molecular complexity index is 525. The number of carboxylic acid groups (broad SMARTS) is 3. The minimum Gasteiger partial charge on any atom is -0.478 e. The standard InChI is InChI=1S/C9H5O8P/c10-7(11)3-1-2-4(8(12)13)6(18(16)17)5(3)9(14)15/h1-2H,(H3-,10,11,12,13,14,15,16,17)/p+1. The summed E-state index contributed by atoms with van der Waals surface area (Å²) in [5, 5.41) is 25.5. The zero-order valence-electron chi connectivity index (χ0n) is 8.52. The molecule has 0 saturated carbocycles. The molecule has 4 N–H and O–H groups in total. The SMILES string of the molecule is O=C(O)c1ccc(C(=O)O)c([P+](=O)O)c1C(=O)O. The third-order valence-corrected chi connectivity index (χ3v) is 2.89. The molecule has 1 atom stereocenters. The predicted octanol–water partition coefficient (Wildman–Crippen LogP) is 0.141. The second-order valence-electron chi connectivity index (χ2n) is 3.07. The van der Waals surface area contributed by atoms with Crippen LogP contribution in [0.2, 0.25) is 0 Å². The van der Waals surface area contributed by atoms with Crippen molar-refractivity contribution in [2.45, 2.75) is 0 Å². The highest BCUT2D eigenvalue weighted by Crippen LogP contribution is 2.23. The van der Waals surface area contributed by atoms with Crippen LogP contribution in [0.5, 0.6) is 0 Å². The quantitative estimate of drug-likeness (QED) is 0.566. The molecule has 8 nitrogen and oxygen atoms in total. The Kier molecular flexibility index (Phi) is 3.75. The maximum absolute atomic E-state index is 11.1. The van der Waals surface area contributed by atoms with Gasteiger partial charge < -0.3 is 15.3 Å². The van der Waals surface area contributed by atoms with E-state index < -0.39 is 47.9 Å². The Morgan fingerprint density at radius 2 is 1.33 bits per heavy atom. The summed E-state index contributed by atoms with van der Waals surface area (Å²) in [7, 11) is -3.32. The lowest BCUT2D eigenvalue weighted by Gasteiger charge is -2.03. The van der Waals surface area contributed by atoms with E-state index in [1.807, 2.05) is 0 Å². The smallest absolute Gasteiger partial charge is 0.478 e. The lowest BCUT2D eigenvalue weighted by molar-refractivity contribution is 0.0651. The van der Waals surface area contributed by atoms with E-state index >= 15 is 0 Å². The Morgan fingerprint density at radius 3 is 1.67 bits per heavy atom. The second kappa shape index (κ2) is 4.91. The van der Waals surface area contributed by atoms with Crippen LogP contribution in [0.1, 0.15) is 31.1 Å². The van der Waals surface area contributed by atoms with Crippen molar-refractivity contribution in [2.24, 2.45) is 0 Å². The molecule has 0 spiro atoms. The minimum atomic E-state index is -3.32. The van der Waals surface area contributed by atoms with Crippen LogP contribution in [-0.4, -0.2) is 38.1 Å². The number of hydrogen-bond acceptors (Lipinski definition) is 4. The summed E-state index contributed by atoms with van der Waals surface area (Å²) in [4.78, 5) is 41.5. The number of benzene rings is 1. The van der Waals surface area contributed by atoms with Crippen molar-refractivity contribution in [3.8, 4) is 0 Å². The highest BCUT2D eigenvalue weighted by molar-refractivity contribution is 7.47. The van der Waals surface area contributed by atoms with Gasteiger partial charge in [0.15, 0.2) is 0 Å². The van der Waals surface area contributed by atoms with Gasteiger partial charge in [-0.2, -0.15) is 4.89 Å². The molecule has 0 fully saturated rings. The number of carboxylic acids is 3. The van der Waals surface area contributed by atoms with Crippen molar-refractivity contribution in [3.63, 3.8) is 0 Å². The average molecular weight is 273 g/mol. The third kappa shape index (κ3) is 2.34. The van der Waals surface area contributed by atoms with Gasteiger partial charge in [-0.25, -0.2) is 14.4 Å². The van der Waals surface area contributed by atoms with Crippen LogP contribution < -0.4 is 5.30 Å². The average Bonchev–Trinajstić information content (AvgIpc) is 2.26. The largest absolute Gasteiger partial charge is 0.547 e. The van der Waals surface area contributed by atoms with Crippen LogP contribution in [0.3, 0.4) is 0 Å². The van der Waals surface area contributed by atoms with Gasteiger partial charge in [0, 0.05) is 0 Å².